The Morgan fingerprint density at radius 2 is 1.79 bits per heavy atom. The first-order chi connectivity index (χ1) is 13.6. The SMILES string of the molecule is COc1ccc(CN2CCCc3cc(Cc4cc(Br)ccc4Cl)ccc32)cc1. The zero-order chi connectivity index (χ0) is 19.5. The third-order valence-corrected chi connectivity index (χ3v) is 6.16. The van der Waals surface area contributed by atoms with Crippen LogP contribution in [-0.2, 0) is 19.4 Å². The van der Waals surface area contributed by atoms with Crippen molar-refractivity contribution in [1.29, 1.82) is 0 Å². The van der Waals surface area contributed by atoms with Gasteiger partial charge in [0.15, 0.2) is 0 Å². The lowest BCUT2D eigenvalue weighted by molar-refractivity contribution is 0.414. The normalized spacial score (nSPS) is 13.3. The second-order valence-corrected chi connectivity index (χ2v) is 8.57. The minimum absolute atomic E-state index is 0.821. The fourth-order valence-corrected chi connectivity index (χ4v) is 4.45. The molecule has 0 aliphatic carbocycles. The van der Waals surface area contributed by atoms with Gasteiger partial charge in [-0.05, 0) is 77.9 Å². The molecular weight excluding hydrogens is 434 g/mol. The molecule has 1 heterocycles. The summed E-state index contributed by atoms with van der Waals surface area (Å²) in [4.78, 5) is 2.48. The molecule has 0 aromatic heterocycles. The van der Waals surface area contributed by atoms with Gasteiger partial charge in [-0.3, -0.25) is 0 Å². The summed E-state index contributed by atoms with van der Waals surface area (Å²) in [5, 5.41) is 0.821. The van der Waals surface area contributed by atoms with Crippen LogP contribution in [-0.4, -0.2) is 13.7 Å². The van der Waals surface area contributed by atoms with Gasteiger partial charge in [0, 0.05) is 28.3 Å². The lowest BCUT2D eigenvalue weighted by Gasteiger charge is -2.32. The molecule has 28 heavy (non-hydrogen) atoms. The number of anilines is 1. The van der Waals surface area contributed by atoms with Gasteiger partial charge in [-0.2, -0.15) is 0 Å². The number of aryl methyl sites for hydroxylation is 1. The Hall–Kier alpha value is -1.97. The maximum atomic E-state index is 6.39. The van der Waals surface area contributed by atoms with E-state index in [2.05, 4.69) is 57.2 Å². The van der Waals surface area contributed by atoms with E-state index >= 15 is 0 Å². The van der Waals surface area contributed by atoms with Crippen molar-refractivity contribution in [3.63, 3.8) is 0 Å². The highest BCUT2D eigenvalue weighted by atomic mass is 79.9. The number of fused-ring (bicyclic) bond motifs is 1. The lowest BCUT2D eigenvalue weighted by Crippen LogP contribution is -2.28. The zero-order valence-corrected chi connectivity index (χ0v) is 18.3. The van der Waals surface area contributed by atoms with Crippen LogP contribution in [0.25, 0.3) is 0 Å². The van der Waals surface area contributed by atoms with Gasteiger partial charge in [0.25, 0.3) is 0 Å². The van der Waals surface area contributed by atoms with E-state index in [9.17, 15) is 0 Å². The molecule has 0 N–H and O–H groups in total. The third kappa shape index (κ3) is 4.37. The summed E-state index contributed by atoms with van der Waals surface area (Å²) in [5.74, 6) is 0.902. The molecule has 4 heteroatoms. The van der Waals surface area contributed by atoms with Crippen LogP contribution in [0.3, 0.4) is 0 Å². The molecule has 0 bridgehead atoms. The highest BCUT2D eigenvalue weighted by molar-refractivity contribution is 9.10. The Morgan fingerprint density at radius 1 is 1.00 bits per heavy atom. The first-order valence-corrected chi connectivity index (χ1v) is 10.7. The van der Waals surface area contributed by atoms with Crippen molar-refractivity contribution in [3.05, 3.63) is 92.4 Å². The van der Waals surface area contributed by atoms with Crippen molar-refractivity contribution >= 4 is 33.2 Å². The highest BCUT2D eigenvalue weighted by Crippen LogP contribution is 2.31. The Morgan fingerprint density at radius 3 is 2.57 bits per heavy atom. The minimum atomic E-state index is 0.821. The summed E-state index contributed by atoms with van der Waals surface area (Å²) in [6, 6.07) is 21.3. The van der Waals surface area contributed by atoms with Crippen LogP contribution < -0.4 is 9.64 Å². The molecule has 4 rings (SSSR count). The fourth-order valence-electron chi connectivity index (χ4n) is 3.85. The van der Waals surface area contributed by atoms with Gasteiger partial charge < -0.3 is 9.64 Å². The molecule has 0 spiro atoms. The Labute approximate surface area is 180 Å². The Balaban J connectivity index is 1.54. The number of hydrogen-bond acceptors (Lipinski definition) is 2. The summed E-state index contributed by atoms with van der Waals surface area (Å²) in [6.45, 7) is 2.02. The van der Waals surface area contributed by atoms with Gasteiger partial charge in [-0.1, -0.05) is 51.8 Å². The van der Waals surface area contributed by atoms with Crippen molar-refractivity contribution in [2.45, 2.75) is 25.8 Å². The standard InChI is InChI=1S/C24H23BrClNO/c1-28-22-8-4-17(5-9-22)16-27-12-2-3-19-13-18(6-11-24(19)27)14-20-15-21(25)7-10-23(20)26/h4-11,13,15H,2-3,12,14,16H2,1H3. The van der Waals surface area contributed by atoms with E-state index in [0.29, 0.717) is 0 Å². The van der Waals surface area contributed by atoms with Crippen molar-refractivity contribution in [3.8, 4) is 5.75 Å². The monoisotopic (exact) mass is 455 g/mol. The minimum Gasteiger partial charge on any atom is -0.497 e. The van der Waals surface area contributed by atoms with Crippen LogP contribution in [0, 0.1) is 0 Å². The molecular formula is C24H23BrClNO. The van der Waals surface area contributed by atoms with E-state index in [1.165, 1.54) is 28.8 Å². The molecule has 2 nitrogen and oxygen atoms in total. The summed E-state index contributed by atoms with van der Waals surface area (Å²) in [5.41, 5.74) is 6.56. The Bertz CT molecular complexity index is 971. The van der Waals surface area contributed by atoms with Crippen molar-refractivity contribution in [2.75, 3.05) is 18.6 Å². The molecule has 1 aliphatic heterocycles. The van der Waals surface area contributed by atoms with Crippen LogP contribution >= 0.6 is 27.5 Å². The molecule has 0 radical (unpaired) electrons. The maximum absolute atomic E-state index is 6.39. The summed E-state index contributed by atoms with van der Waals surface area (Å²) >= 11 is 9.93. The Kier molecular flexibility index (Phi) is 5.93. The summed E-state index contributed by atoms with van der Waals surface area (Å²) in [6.07, 6.45) is 3.17. The number of nitrogens with zero attached hydrogens (tertiary/aromatic N) is 1. The molecule has 0 saturated carbocycles. The van der Waals surface area contributed by atoms with Crippen LogP contribution in [0.4, 0.5) is 5.69 Å². The maximum Gasteiger partial charge on any atom is 0.118 e. The first-order valence-electron chi connectivity index (χ1n) is 9.56. The second-order valence-electron chi connectivity index (χ2n) is 7.25. The third-order valence-electron chi connectivity index (χ3n) is 5.29. The van der Waals surface area contributed by atoms with Gasteiger partial charge in [0.05, 0.1) is 7.11 Å². The number of methoxy groups -OCH3 is 1. The van der Waals surface area contributed by atoms with Crippen LogP contribution in [0.15, 0.2) is 65.1 Å². The zero-order valence-electron chi connectivity index (χ0n) is 15.9. The number of ether oxygens (including phenoxy) is 1. The van der Waals surface area contributed by atoms with E-state index in [0.717, 1.165) is 46.7 Å². The average molecular weight is 457 g/mol. The number of halogens is 2. The molecule has 0 fully saturated rings. The highest BCUT2D eigenvalue weighted by Gasteiger charge is 2.18. The lowest BCUT2D eigenvalue weighted by atomic mass is 9.96. The molecule has 0 unspecified atom stereocenters. The smallest absolute Gasteiger partial charge is 0.118 e. The number of hydrogen-bond donors (Lipinski definition) is 0. The van der Waals surface area contributed by atoms with Crippen LogP contribution in [0.2, 0.25) is 5.02 Å². The predicted molar refractivity (Wildman–Crippen MR) is 121 cm³/mol. The first kappa shape index (κ1) is 19.4. The fraction of sp³-hybridized carbons (Fsp3) is 0.250. The van der Waals surface area contributed by atoms with Gasteiger partial charge in [0.2, 0.25) is 0 Å². The molecule has 144 valence electrons. The number of rotatable bonds is 5. The van der Waals surface area contributed by atoms with Gasteiger partial charge in [-0.15, -0.1) is 0 Å². The summed E-state index contributed by atoms with van der Waals surface area (Å²) in [7, 11) is 1.70. The molecule has 0 saturated heterocycles. The second kappa shape index (κ2) is 8.59. The van der Waals surface area contributed by atoms with Crippen molar-refractivity contribution in [1.82, 2.24) is 0 Å². The van der Waals surface area contributed by atoms with E-state index in [1.54, 1.807) is 7.11 Å². The van der Waals surface area contributed by atoms with E-state index in [4.69, 9.17) is 16.3 Å². The van der Waals surface area contributed by atoms with E-state index in [-0.39, 0.29) is 0 Å². The molecule has 1 aliphatic rings. The van der Waals surface area contributed by atoms with Crippen LogP contribution in [0.5, 0.6) is 5.75 Å². The molecule has 0 atom stereocenters. The largest absolute Gasteiger partial charge is 0.497 e. The van der Waals surface area contributed by atoms with E-state index < -0.39 is 0 Å². The van der Waals surface area contributed by atoms with Gasteiger partial charge >= 0.3 is 0 Å². The topological polar surface area (TPSA) is 12.5 Å². The quantitative estimate of drug-likeness (QED) is 0.426. The van der Waals surface area contributed by atoms with Crippen molar-refractivity contribution in [2.24, 2.45) is 0 Å². The summed E-state index contributed by atoms with van der Waals surface area (Å²) < 4.78 is 6.33. The van der Waals surface area contributed by atoms with Crippen LogP contribution in [0.1, 0.15) is 28.7 Å². The van der Waals surface area contributed by atoms with Gasteiger partial charge in [0.1, 0.15) is 5.75 Å². The molecule has 3 aromatic rings. The van der Waals surface area contributed by atoms with Crippen molar-refractivity contribution < 1.29 is 4.74 Å². The number of benzene rings is 3. The predicted octanol–water partition coefficient (Wildman–Crippen LogP) is 6.65. The van der Waals surface area contributed by atoms with Gasteiger partial charge in [-0.25, -0.2) is 0 Å². The molecule has 0 amide bonds. The average Bonchev–Trinajstić information content (AvgIpc) is 2.71. The van der Waals surface area contributed by atoms with E-state index in [1.807, 2.05) is 24.3 Å². The molecule has 3 aromatic carbocycles.